The van der Waals surface area contributed by atoms with Crippen molar-refractivity contribution in [1.82, 2.24) is 5.32 Å². The topological polar surface area (TPSA) is 113 Å². The molecule has 7 nitrogen and oxygen atoms in total. The molecule has 10 heteroatoms. The third-order valence-electron chi connectivity index (χ3n) is 1.34. The molecular formula is C7H8F3NO6. The van der Waals surface area contributed by atoms with Crippen LogP contribution in [-0.2, 0) is 14.3 Å². The number of alkyl carbamates (subject to hydrolysis) is 1. The second-order valence-electron chi connectivity index (χ2n) is 2.82. The molecule has 0 spiro atoms. The van der Waals surface area contributed by atoms with Gasteiger partial charge in [-0.05, 0) is 0 Å². The van der Waals surface area contributed by atoms with E-state index in [2.05, 4.69) is 4.74 Å². The van der Waals surface area contributed by atoms with Crippen molar-refractivity contribution in [3.63, 3.8) is 0 Å². The predicted molar refractivity (Wildman–Crippen MR) is 44.2 cm³/mol. The fourth-order valence-electron chi connectivity index (χ4n) is 0.706. The van der Waals surface area contributed by atoms with E-state index in [-0.39, 0.29) is 0 Å². The average molecular weight is 259 g/mol. The molecule has 0 radical (unpaired) electrons. The van der Waals surface area contributed by atoms with Crippen LogP contribution >= 0.6 is 0 Å². The van der Waals surface area contributed by atoms with Gasteiger partial charge in [-0.15, -0.1) is 0 Å². The number of hydrogen-bond acceptors (Lipinski definition) is 4. The fraction of sp³-hybridized carbons (Fsp3) is 0.571. The molecule has 0 aromatic carbocycles. The lowest BCUT2D eigenvalue weighted by atomic mass is 10.2. The number of carbonyl (C=O) groups excluding carboxylic acids is 1. The highest BCUT2D eigenvalue weighted by atomic mass is 19.4. The van der Waals surface area contributed by atoms with Crippen molar-refractivity contribution in [1.29, 1.82) is 0 Å². The molecule has 0 saturated heterocycles. The monoisotopic (exact) mass is 259 g/mol. The highest BCUT2D eigenvalue weighted by Gasteiger charge is 2.31. The highest BCUT2D eigenvalue weighted by molar-refractivity contribution is 5.84. The van der Waals surface area contributed by atoms with Crippen molar-refractivity contribution in [3.8, 4) is 0 Å². The molecule has 0 heterocycles. The van der Waals surface area contributed by atoms with Gasteiger partial charge in [0, 0.05) is 0 Å². The second-order valence-corrected chi connectivity index (χ2v) is 2.82. The molecular weight excluding hydrogens is 251 g/mol. The van der Waals surface area contributed by atoms with E-state index in [1.54, 1.807) is 0 Å². The van der Waals surface area contributed by atoms with Crippen LogP contribution in [0.2, 0.25) is 0 Å². The number of carbonyl (C=O) groups is 3. The van der Waals surface area contributed by atoms with Crippen LogP contribution in [0.4, 0.5) is 18.0 Å². The molecule has 0 aliphatic carbocycles. The lowest BCUT2D eigenvalue weighted by molar-refractivity contribution is -0.160. The Kier molecular flexibility index (Phi) is 5.22. The number of halogens is 3. The first kappa shape index (κ1) is 15.0. The van der Waals surface area contributed by atoms with Crippen molar-refractivity contribution in [2.75, 3.05) is 6.61 Å². The van der Waals surface area contributed by atoms with Gasteiger partial charge in [0.1, 0.15) is 6.04 Å². The standard InChI is InChI=1S/C7H8F3NO6/c8-7(9,10)2-17-6(16)11-3(5(14)15)1-4(12)13/h3H,1-2H2,(H,11,16)(H,12,13)(H,14,15). The van der Waals surface area contributed by atoms with E-state index in [1.165, 1.54) is 5.32 Å². The van der Waals surface area contributed by atoms with Crippen molar-refractivity contribution < 1.29 is 42.5 Å². The molecule has 0 aromatic heterocycles. The molecule has 0 fully saturated rings. The summed E-state index contributed by atoms with van der Waals surface area (Å²) in [5, 5.41) is 18.2. The number of nitrogens with one attached hydrogen (secondary N) is 1. The van der Waals surface area contributed by atoms with Gasteiger partial charge in [0.25, 0.3) is 0 Å². The average Bonchev–Trinajstić information content (AvgIpc) is 2.11. The fourth-order valence-corrected chi connectivity index (χ4v) is 0.706. The number of carboxylic acid groups (broad SMARTS) is 2. The zero-order valence-corrected chi connectivity index (χ0v) is 8.15. The molecule has 1 atom stereocenters. The number of carboxylic acids is 2. The minimum Gasteiger partial charge on any atom is -0.481 e. The normalized spacial score (nSPS) is 12.6. The molecule has 0 bridgehead atoms. The number of rotatable bonds is 5. The maximum Gasteiger partial charge on any atom is 0.422 e. The van der Waals surface area contributed by atoms with Crippen LogP contribution in [0.5, 0.6) is 0 Å². The summed E-state index contributed by atoms with van der Waals surface area (Å²) in [5.41, 5.74) is 0. The van der Waals surface area contributed by atoms with Gasteiger partial charge in [0.15, 0.2) is 6.61 Å². The summed E-state index contributed by atoms with van der Waals surface area (Å²) >= 11 is 0. The summed E-state index contributed by atoms with van der Waals surface area (Å²) in [5.74, 6) is -3.23. The molecule has 1 amide bonds. The van der Waals surface area contributed by atoms with Gasteiger partial charge in [0.2, 0.25) is 0 Å². The summed E-state index contributed by atoms with van der Waals surface area (Å²) in [6.45, 7) is -1.89. The highest BCUT2D eigenvalue weighted by Crippen LogP contribution is 2.14. The van der Waals surface area contributed by atoms with Crippen molar-refractivity contribution in [3.05, 3.63) is 0 Å². The van der Waals surface area contributed by atoms with E-state index in [4.69, 9.17) is 10.2 Å². The Morgan fingerprint density at radius 3 is 2.12 bits per heavy atom. The summed E-state index contributed by atoms with van der Waals surface area (Å²) in [6.07, 6.45) is -7.38. The van der Waals surface area contributed by atoms with Gasteiger partial charge >= 0.3 is 24.2 Å². The first-order valence-electron chi connectivity index (χ1n) is 4.06. The van der Waals surface area contributed by atoms with E-state index >= 15 is 0 Å². The Morgan fingerprint density at radius 1 is 1.24 bits per heavy atom. The number of hydrogen-bond donors (Lipinski definition) is 3. The molecule has 1 unspecified atom stereocenters. The molecule has 98 valence electrons. The van der Waals surface area contributed by atoms with E-state index in [0.717, 1.165) is 0 Å². The number of aliphatic carboxylic acids is 2. The lowest BCUT2D eigenvalue weighted by Crippen LogP contribution is -2.43. The van der Waals surface area contributed by atoms with Crippen molar-refractivity contribution in [2.24, 2.45) is 0 Å². The maximum absolute atomic E-state index is 11.6. The predicted octanol–water partition coefficient (Wildman–Crippen LogP) is 0.203. The van der Waals surface area contributed by atoms with Gasteiger partial charge in [-0.1, -0.05) is 0 Å². The van der Waals surface area contributed by atoms with E-state index in [1.807, 2.05) is 0 Å². The van der Waals surface area contributed by atoms with Crippen molar-refractivity contribution >= 4 is 18.0 Å². The van der Waals surface area contributed by atoms with Gasteiger partial charge in [-0.25, -0.2) is 9.59 Å². The van der Waals surface area contributed by atoms with Crippen LogP contribution in [0.1, 0.15) is 6.42 Å². The smallest absolute Gasteiger partial charge is 0.422 e. The van der Waals surface area contributed by atoms with Crippen LogP contribution in [0.3, 0.4) is 0 Å². The summed E-state index contributed by atoms with van der Waals surface area (Å²) < 4.78 is 38.5. The first-order valence-corrected chi connectivity index (χ1v) is 4.06. The largest absolute Gasteiger partial charge is 0.481 e. The van der Waals surface area contributed by atoms with Gasteiger partial charge < -0.3 is 20.3 Å². The minimum atomic E-state index is -4.75. The minimum absolute atomic E-state index is 0.976. The lowest BCUT2D eigenvalue weighted by Gasteiger charge is -2.13. The Bertz CT molecular complexity index is 315. The zero-order chi connectivity index (χ0) is 13.6. The Hall–Kier alpha value is -2.00. The molecule has 0 aliphatic heterocycles. The second kappa shape index (κ2) is 5.92. The van der Waals surface area contributed by atoms with Crippen molar-refractivity contribution in [2.45, 2.75) is 18.6 Å². The zero-order valence-electron chi connectivity index (χ0n) is 8.15. The molecule has 0 aromatic rings. The first-order chi connectivity index (χ1) is 7.61. The van der Waals surface area contributed by atoms with Gasteiger partial charge in [-0.3, -0.25) is 4.79 Å². The Labute approximate surface area is 92.2 Å². The van der Waals surface area contributed by atoms with Crippen LogP contribution in [0.25, 0.3) is 0 Å². The Morgan fingerprint density at radius 2 is 1.76 bits per heavy atom. The van der Waals surface area contributed by atoms with Crippen LogP contribution < -0.4 is 5.32 Å². The SMILES string of the molecule is O=C(O)CC(NC(=O)OCC(F)(F)F)C(=O)O. The van der Waals surface area contributed by atoms with Crippen LogP contribution in [-0.4, -0.2) is 47.1 Å². The molecule has 17 heavy (non-hydrogen) atoms. The van der Waals surface area contributed by atoms with Crippen LogP contribution in [0, 0.1) is 0 Å². The number of ether oxygens (including phenoxy) is 1. The third-order valence-corrected chi connectivity index (χ3v) is 1.34. The summed E-state index contributed by atoms with van der Waals surface area (Å²) in [4.78, 5) is 31.3. The van der Waals surface area contributed by atoms with E-state index < -0.39 is 43.3 Å². The molecule has 3 N–H and O–H groups in total. The van der Waals surface area contributed by atoms with Gasteiger partial charge in [-0.2, -0.15) is 13.2 Å². The van der Waals surface area contributed by atoms with Gasteiger partial charge in [0.05, 0.1) is 6.42 Å². The van der Waals surface area contributed by atoms with E-state index in [9.17, 15) is 27.6 Å². The maximum atomic E-state index is 11.6. The number of amides is 1. The molecule has 0 saturated carbocycles. The quantitative estimate of drug-likeness (QED) is 0.650. The number of alkyl halides is 3. The molecule has 0 aliphatic rings. The summed E-state index contributed by atoms with van der Waals surface area (Å²) in [6, 6.07) is -1.85. The molecule has 0 rings (SSSR count). The third kappa shape index (κ3) is 7.88. The van der Waals surface area contributed by atoms with Crippen LogP contribution in [0.15, 0.2) is 0 Å². The summed E-state index contributed by atoms with van der Waals surface area (Å²) in [7, 11) is 0. The Balaban J connectivity index is 4.22. The van der Waals surface area contributed by atoms with E-state index in [0.29, 0.717) is 0 Å².